The van der Waals surface area contributed by atoms with Crippen molar-refractivity contribution in [2.24, 2.45) is 0 Å². The average Bonchev–Trinajstić information content (AvgIpc) is 2.64. The summed E-state index contributed by atoms with van der Waals surface area (Å²) in [6, 6.07) is 0. The minimum absolute atomic E-state index is 0.0587. The van der Waals surface area contributed by atoms with Gasteiger partial charge in [-0.15, -0.1) is 0 Å². The van der Waals surface area contributed by atoms with Crippen LogP contribution in [0.3, 0.4) is 0 Å². The van der Waals surface area contributed by atoms with Gasteiger partial charge in [-0.25, -0.2) is 0 Å². The zero-order valence-corrected chi connectivity index (χ0v) is 15.9. The molecule has 10 heteroatoms. The molecule has 0 saturated heterocycles. The van der Waals surface area contributed by atoms with Gasteiger partial charge in [-0.2, -0.15) is 0 Å². The summed E-state index contributed by atoms with van der Waals surface area (Å²) in [4.78, 5) is 23.0. The molecule has 0 saturated carbocycles. The number of carbonyl (C=O) groups is 2. The van der Waals surface area contributed by atoms with Crippen molar-refractivity contribution in [3.63, 3.8) is 0 Å². The number of carbonyl (C=O) groups excluding carboxylic acids is 2. The minimum Gasteiger partial charge on any atom is -0.463 e. The highest BCUT2D eigenvalue weighted by atomic mass is 16.7. The van der Waals surface area contributed by atoms with Crippen molar-refractivity contribution in [2.75, 3.05) is 68.1 Å². The van der Waals surface area contributed by atoms with Crippen LogP contribution in [0.1, 0.15) is 12.8 Å². The average molecular weight is 382 g/mol. The van der Waals surface area contributed by atoms with E-state index in [9.17, 15) is 9.59 Å². The maximum absolute atomic E-state index is 11.5. The van der Waals surface area contributed by atoms with Crippen molar-refractivity contribution in [2.45, 2.75) is 25.4 Å². The Balaban J connectivity index is 3.65. The standard InChI is InChI=1S/C16H30O10/c1-19-11-15(21-3)25-9-7-23-13(17)5-6-14(18)24-8-10-26-16(22-4)12-20-2/h15-16H,5-12H2,1-4H3. The molecule has 2 unspecified atom stereocenters. The van der Waals surface area contributed by atoms with Crippen LogP contribution in [-0.4, -0.2) is 92.6 Å². The topological polar surface area (TPSA) is 108 Å². The molecule has 0 fully saturated rings. The van der Waals surface area contributed by atoms with Crippen molar-refractivity contribution in [1.82, 2.24) is 0 Å². The van der Waals surface area contributed by atoms with E-state index < -0.39 is 24.5 Å². The highest BCUT2D eigenvalue weighted by molar-refractivity contribution is 5.77. The van der Waals surface area contributed by atoms with Crippen molar-refractivity contribution in [3.8, 4) is 0 Å². The summed E-state index contributed by atoms with van der Waals surface area (Å²) in [6.45, 7) is 0.995. The summed E-state index contributed by atoms with van der Waals surface area (Å²) in [5.41, 5.74) is 0. The lowest BCUT2D eigenvalue weighted by molar-refractivity contribution is -0.169. The molecular formula is C16H30O10. The molecule has 26 heavy (non-hydrogen) atoms. The second kappa shape index (κ2) is 17.1. The summed E-state index contributed by atoms with van der Waals surface area (Å²) < 4.78 is 40.1. The largest absolute Gasteiger partial charge is 0.463 e. The fourth-order valence-corrected chi connectivity index (χ4v) is 1.66. The molecule has 0 aliphatic heterocycles. The first-order valence-corrected chi connectivity index (χ1v) is 8.15. The van der Waals surface area contributed by atoms with Crippen LogP contribution in [0.2, 0.25) is 0 Å². The Morgan fingerprint density at radius 1 is 0.654 bits per heavy atom. The fourth-order valence-electron chi connectivity index (χ4n) is 1.66. The molecule has 0 bridgehead atoms. The highest BCUT2D eigenvalue weighted by Gasteiger charge is 2.11. The van der Waals surface area contributed by atoms with Gasteiger partial charge in [-0.1, -0.05) is 0 Å². The Bertz CT molecular complexity index is 329. The normalized spacial score (nSPS) is 13.2. The first-order chi connectivity index (χ1) is 12.6. The third-order valence-electron chi connectivity index (χ3n) is 2.96. The summed E-state index contributed by atoms with van der Waals surface area (Å²) in [6.07, 6.45) is -1.18. The monoisotopic (exact) mass is 382 g/mol. The molecule has 0 rings (SSSR count). The van der Waals surface area contributed by atoms with E-state index in [1.54, 1.807) is 0 Å². The summed E-state index contributed by atoms with van der Waals surface area (Å²) in [7, 11) is 6.02. The highest BCUT2D eigenvalue weighted by Crippen LogP contribution is 1.99. The van der Waals surface area contributed by atoms with E-state index in [1.165, 1.54) is 28.4 Å². The van der Waals surface area contributed by atoms with Crippen LogP contribution < -0.4 is 0 Å². The van der Waals surface area contributed by atoms with Gasteiger partial charge < -0.3 is 37.9 Å². The smallest absolute Gasteiger partial charge is 0.306 e. The van der Waals surface area contributed by atoms with E-state index in [1.807, 2.05) is 0 Å². The van der Waals surface area contributed by atoms with Crippen LogP contribution >= 0.6 is 0 Å². The Morgan fingerprint density at radius 3 is 1.35 bits per heavy atom. The van der Waals surface area contributed by atoms with Crippen LogP contribution in [0, 0.1) is 0 Å². The molecule has 10 nitrogen and oxygen atoms in total. The van der Waals surface area contributed by atoms with E-state index in [-0.39, 0.29) is 52.5 Å². The van der Waals surface area contributed by atoms with Gasteiger partial charge in [0.2, 0.25) is 0 Å². The Labute approximate surface area is 153 Å². The molecule has 0 aromatic rings. The lowest BCUT2D eigenvalue weighted by Gasteiger charge is -2.15. The van der Waals surface area contributed by atoms with Gasteiger partial charge in [0.1, 0.15) is 13.2 Å². The lowest BCUT2D eigenvalue weighted by Crippen LogP contribution is -2.24. The molecule has 0 aromatic carbocycles. The maximum Gasteiger partial charge on any atom is 0.306 e. The zero-order valence-electron chi connectivity index (χ0n) is 15.9. The van der Waals surface area contributed by atoms with Gasteiger partial charge in [-0.05, 0) is 0 Å². The number of esters is 2. The van der Waals surface area contributed by atoms with Crippen LogP contribution in [0.5, 0.6) is 0 Å². The van der Waals surface area contributed by atoms with Gasteiger partial charge >= 0.3 is 11.9 Å². The molecule has 0 aliphatic rings. The molecule has 154 valence electrons. The van der Waals surface area contributed by atoms with Gasteiger partial charge in [-0.3, -0.25) is 9.59 Å². The van der Waals surface area contributed by atoms with Crippen molar-refractivity contribution in [3.05, 3.63) is 0 Å². The molecule has 0 aliphatic carbocycles. The fraction of sp³-hybridized carbons (Fsp3) is 0.875. The predicted octanol–water partition coefficient (Wildman–Crippen LogP) is 0.124. The van der Waals surface area contributed by atoms with Crippen LogP contribution in [-0.2, 0) is 47.5 Å². The number of rotatable bonds is 17. The second-order valence-electron chi connectivity index (χ2n) is 4.92. The zero-order chi connectivity index (χ0) is 19.6. The third kappa shape index (κ3) is 13.9. The first kappa shape index (κ1) is 24.7. The molecular weight excluding hydrogens is 352 g/mol. The van der Waals surface area contributed by atoms with Crippen molar-refractivity contribution < 1.29 is 47.5 Å². The van der Waals surface area contributed by atoms with E-state index >= 15 is 0 Å². The quantitative estimate of drug-likeness (QED) is 0.196. The van der Waals surface area contributed by atoms with E-state index in [2.05, 4.69) is 0 Å². The first-order valence-electron chi connectivity index (χ1n) is 8.15. The minimum atomic E-state index is -0.516. The SMILES string of the molecule is COCC(OC)OCCOC(=O)CCC(=O)OCCOC(COC)OC. The van der Waals surface area contributed by atoms with E-state index in [0.29, 0.717) is 0 Å². The maximum atomic E-state index is 11.5. The van der Waals surface area contributed by atoms with E-state index in [0.717, 1.165) is 0 Å². The van der Waals surface area contributed by atoms with Crippen LogP contribution in [0.4, 0.5) is 0 Å². The number of hydrogen-bond donors (Lipinski definition) is 0. The Hall–Kier alpha value is -1.30. The molecule has 0 radical (unpaired) electrons. The predicted molar refractivity (Wildman–Crippen MR) is 88.4 cm³/mol. The molecule has 0 N–H and O–H groups in total. The Kier molecular flexibility index (Phi) is 16.3. The molecule has 0 amide bonds. The number of ether oxygens (including phenoxy) is 8. The summed E-state index contributed by atoms with van der Waals surface area (Å²) in [5, 5.41) is 0. The van der Waals surface area contributed by atoms with E-state index in [4.69, 9.17) is 37.9 Å². The molecule has 0 heterocycles. The van der Waals surface area contributed by atoms with Crippen LogP contribution in [0.15, 0.2) is 0 Å². The lowest BCUT2D eigenvalue weighted by atomic mass is 10.3. The van der Waals surface area contributed by atoms with Gasteiger partial charge in [0.25, 0.3) is 0 Å². The number of methoxy groups -OCH3 is 4. The summed E-state index contributed by atoms with van der Waals surface area (Å²) in [5.74, 6) is -1.02. The summed E-state index contributed by atoms with van der Waals surface area (Å²) >= 11 is 0. The second-order valence-corrected chi connectivity index (χ2v) is 4.92. The van der Waals surface area contributed by atoms with Gasteiger partial charge in [0.15, 0.2) is 12.6 Å². The van der Waals surface area contributed by atoms with Crippen molar-refractivity contribution >= 4 is 11.9 Å². The molecule has 0 spiro atoms. The van der Waals surface area contributed by atoms with Crippen molar-refractivity contribution in [1.29, 1.82) is 0 Å². The van der Waals surface area contributed by atoms with Gasteiger partial charge in [0.05, 0.1) is 39.3 Å². The number of hydrogen-bond acceptors (Lipinski definition) is 10. The molecule has 2 atom stereocenters. The van der Waals surface area contributed by atoms with Gasteiger partial charge in [0, 0.05) is 28.4 Å². The Morgan fingerprint density at radius 2 is 1.04 bits per heavy atom. The van der Waals surface area contributed by atoms with Crippen LogP contribution in [0.25, 0.3) is 0 Å². The molecule has 0 aromatic heterocycles. The third-order valence-corrected chi connectivity index (χ3v) is 2.96.